The van der Waals surface area contributed by atoms with Crippen molar-refractivity contribution >= 4 is 34.9 Å². The molecule has 2 heterocycles. The fourth-order valence-corrected chi connectivity index (χ4v) is 6.02. The van der Waals surface area contributed by atoms with Crippen LogP contribution in [0, 0.1) is 0 Å². The zero-order valence-corrected chi connectivity index (χ0v) is 15.4. The minimum atomic E-state index is -0.103. The van der Waals surface area contributed by atoms with Crippen molar-refractivity contribution in [2.24, 2.45) is 0 Å². The molecule has 0 bridgehead atoms. The molecule has 4 rings (SSSR count). The third kappa shape index (κ3) is 2.40. The zero-order valence-electron chi connectivity index (χ0n) is 13.8. The van der Waals surface area contributed by atoms with E-state index in [9.17, 15) is 5.53 Å². The maximum absolute atomic E-state index is 11.1. The van der Waals surface area contributed by atoms with Gasteiger partial charge in [-0.3, -0.25) is 4.70 Å². The quantitative estimate of drug-likeness (QED) is 0.579. The predicted molar refractivity (Wildman–Crippen MR) is 102 cm³/mol. The van der Waals surface area contributed by atoms with E-state index >= 15 is 0 Å². The maximum atomic E-state index is 11.1. The van der Waals surface area contributed by atoms with Gasteiger partial charge >= 0.3 is 0 Å². The Balaban J connectivity index is 1.63. The van der Waals surface area contributed by atoms with E-state index in [-0.39, 0.29) is 11.0 Å². The molecule has 0 saturated carbocycles. The molecule has 24 heavy (non-hydrogen) atoms. The Bertz CT molecular complexity index is 716. The highest BCUT2D eigenvalue weighted by Gasteiger charge is 2.42. The fraction of sp³-hybridized carbons (Fsp3) is 0.333. The summed E-state index contributed by atoms with van der Waals surface area (Å²) in [4.78, 5) is 6.98. The van der Waals surface area contributed by atoms with Crippen molar-refractivity contribution in [2.75, 3.05) is 22.9 Å². The van der Waals surface area contributed by atoms with Gasteiger partial charge in [-0.15, -0.1) is 0 Å². The molecule has 2 aliphatic rings. The molecule has 0 fully saturated rings. The van der Waals surface area contributed by atoms with Crippen LogP contribution in [-0.2, 0) is 0 Å². The fourth-order valence-electron chi connectivity index (χ4n) is 3.34. The SMILES string of the molecule is CCN1c2ccccc2SC1[N+](=[N-])C1Sc2ccccc2N1CC. The lowest BCUT2D eigenvalue weighted by Gasteiger charge is -2.31. The number of rotatable bonds is 4. The van der Waals surface area contributed by atoms with Gasteiger partial charge in [-0.2, -0.15) is 0 Å². The van der Waals surface area contributed by atoms with E-state index in [1.54, 1.807) is 23.5 Å². The summed E-state index contributed by atoms with van der Waals surface area (Å²) in [5, 5.41) is 0. The van der Waals surface area contributed by atoms with Gasteiger partial charge in [-0.1, -0.05) is 24.3 Å². The molecule has 2 aromatic rings. The van der Waals surface area contributed by atoms with Crippen LogP contribution in [-0.4, -0.2) is 28.8 Å². The van der Waals surface area contributed by atoms with Crippen LogP contribution in [0.15, 0.2) is 58.3 Å². The lowest BCUT2D eigenvalue weighted by molar-refractivity contribution is -0.573. The first kappa shape index (κ1) is 15.8. The average Bonchev–Trinajstić information content (AvgIpc) is 3.18. The highest BCUT2D eigenvalue weighted by atomic mass is 32.2. The summed E-state index contributed by atoms with van der Waals surface area (Å²) in [5.41, 5.74) is 13.3. The first-order valence-corrected chi connectivity index (χ1v) is 10.0. The Morgan fingerprint density at radius 1 is 0.833 bits per heavy atom. The Morgan fingerprint density at radius 3 is 1.67 bits per heavy atom. The van der Waals surface area contributed by atoms with Crippen LogP contribution in [0.4, 0.5) is 11.4 Å². The molecular weight excluding hydrogens is 336 g/mol. The molecule has 0 spiro atoms. The van der Waals surface area contributed by atoms with Gasteiger partial charge in [0, 0.05) is 22.9 Å². The van der Waals surface area contributed by atoms with Crippen molar-refractivity contribution in [2.45, 2.75) is 34.6 Å². The summed E-state index contributed by atoms with van der Waals surface area (Å²) in [6.45, 7) is 6.00. The van der Waals surface area contributed by atoms with Gasteiger partial charge in [-0.25, -0.2) is 0 Å². The molecule has 0 N–H and O–H groups in total. The molecule has 124 valence electrons. The molecule has 0 aromatic heterocycles. The summed E-state index contributed by atoms with van der Waals surface area (Å²) < 4.78 is 1.52. The standard InChI is InChI=1S/C18H20N4S2/c1-3-20-13-9-5-7-11-15(13)23-17(20)22(19)18-21(4-2)14-10-6-8-12-16(14)24-18/h5-12,17-18H,3-4H2,1-2H3. The molecule has 2 aromatic carbocycles. The van der Waals surface area contributed by atoms with E-state index < -0.39 is 0 Å². The second-order valence-corrected chi connectivity index (χ2v) is 7.97. The molecular formula is C18H20N4S2. The van der Waals surface area contributed by atoms with Crippen LogP contribution in [0.1, 0.15) is 13.8 Å². The topological polar surface area (TPSA) is 31.8 Å². The van der Waals surface area contributed by atoms with Gasteiger partial charge in [-0.05, 0) is 61.6 Å². The monoisotopic (exact) mass is 356 g/mol. The number of nitrogens with zero attached hydrogens (tertiary/aromatic N) is 4. The minimum Gasteiger partial charge on any atom is -0.501 e. The summed E-state index contributed by atoms with van der Waals surface area (Å²) in [6.07, 6.45) is 0. The number of benzene rings is 2. The number of thioether (sulfide) groups is 2. The second kappa shape index (κ2) is 6.33. The Morgan fingerprint density at radius 2 is 1.25 bits per heavy atom. The smallest absolute Gasteiger partial charge is 0.274 e. The van der Waals surface area contributed by atoms with Crippen LogP contribution >= 0.6 is 23.5 Å². The molecule has 2 atom stereocenters. The Hall–Kier alpha value is -1.66. The van der Waals surface area contributed by atoms with Gasteiger partial charge in [0.05, 0.1) is 11.4 Å². The first-order valence-electron chi connectivity index (χ1n) is 8.26. The highest BCUT2D eigenvalue weighted by molar-refractivity contribution is 8.01. The Labute approximate surface area is 151 Å². The first-order chi connectivity index (χ1) is 11.7. The van der Waals surface area contributed by atoms with E-state index in [1.807, 2.05) is 0 Å². The Kier molecular flexibility index (Phi) is 4.18. The molecule has 0 aliphatic carbocycles. The zero-order chi connectivity index (χ0) is 16.7. The molecule has 2 aliphatic heterocycles. The predicted octanol–water partition coefficient (Wildman–Crippen LogP) is 4.85. The van der Waals surface area contributed by atoms with Crippen LogP contribution in [0.5, 0.6) is 0 Å². The van der Waals surface area contributed by atoms with Crippen LogP contribution in [0.2, 0.25) is 0 Å². The molecule has 0 saturated heterocycles. The van der Waals surface area contributed by atoms with E-state index in [0.717, 1.165) is 13.1 Å². The van der Waals surface area contributed by atoms with E-state index in [2.05, 4.69) is 72.2 Å². The third-order valence-electron chi connectivity index (χ3n) is 4.48. The molecule has 4 nitrogen and oxygen atoms in total. The number of hydrogen-bond acceptors (Lipinski definition) is 4. The molecule has 0 amide bonds. The summed E-state index contributed by atoms with van der Waals surface area (Å²) >= 11 is 3.43. The minimum absolute atomic E-state index is 0.103. The third-order valence-corrected chi connectivity index (χ3v) is 7.04. The van der Waals surface area contributed by atoms with Crippen LogP contribution in [0.25, 0.3) is 5.53 Å². The number of anilines is 2. The number of para-hydroxylation sites is 2. The van der Waals surface area contributed by atoms with Crippen LogP contribution < -0.4 is 9.80 Å². The van der Waals surface area contributed by atoms with Crippen LogP contribution in [0.3, 0.4) is 0 Å². The molecule has 2 unspecified atom stereocenters. The van der Waals surface area contributed by atoms with Crippen molar-refractivity contribution in [3.63, 3.8) is 0 Å². The van der Waals surface area contributed by atoms with Crippen molar-refractivity contribution in [1.82, 2.24) is 0 Å². The largest absolute Gasteiger partial charge is 0.501 e. The van der Waals surface area contributed by atoms with E-state index in [0.29, 0.717) is 0 Å². The van der Waals surface area contributed by atoms with E-state index in [1.165, 1.54) is 25.9 Å². The van der Waals surface area contributed by atoms with Gasteiger partial charge < -0.3 is 15.3 Å². The van der Waals surface area contributed by atoms with Gasteiger partial charge in [0.1, 0.15) is 0 Å². The summed E-state index contributed by atoms with van der Waals surface area (Å²) in [7, 11) is 0. The van der Waals surface area contributed by atoms with Gasteiger partial charge in [0.2, 0.25) is 0 Å². The average molecular weight is 357 g/mol. The number of hydrogen-bond donors (Lipinski definition) is 0. The van der Waals surface area contributed by atoms with Crippen molar-refractivity contribution in [3.8, 4) is 0 Å². The van der Waals surface area contributed by atoms with Gasteiger partial charge in [0.15, 0.2) is 0 Å². The van der Waals surface area contributed by atoms with Crippen molar-refractivity contribution in [3.05, 3.63) is 54.1 Å². The second-order valence-electron chi connectivity index (χ2n) is 5.78. The maximum Gasteiger partial charge on any atom is 0.274 e. The normalized spacial score (nSPS) is 21.8. The van der Waals surface area contributed by atoms with Crippen molar-refractivity contribution in [1.29, 1.82) is 0 Å². The summed E-state index contributed by atoms with van der Waals surface area (Å²) in [5.74, 6) is 0. The van der Waals surface area contributed by atoms with Crippen molar-refractivity contribution < 1.29 is 4.70 Å². The summed E-state index contributed by atoms with van der Waals surface area (Å²) in [6, 6.07) is 16.8. The van der Waals surface area contributed by atoms with Gasteiger partial charge in [0.25, 0.3) is 11.0 Å². The lowest BCUT2D eigenvalue weighted by atomic mass is 10.3. The lowest BCUT2D eigenvalue weighted by Crippen LogP contribution is -2.46. The van der Waals surface area contributed by atoms with E-state index in [4.69, 9.17) is 0 Å². The molecule has 6 heteroatoms. The molecule has 0 radical (unpaired) electrons. The highest BCUT2D eigenvalue weighted by Crippen LogP contribution is 2.48. The number of fused-ring (bicyclic) bond motifs is 2.